The lowest BCUT2D eigenvalue weighted by Gasteiger charge is -2.40. The number of rotatable bonds is 5. The fraction of sp³-hybridized carbons (Fsp3) is 0.647. The van der Waals surface area contributed by atoms with E-state index in [9.17, 15) is 9.59 Å². The van der Waals surface area contributed by atoms with Crippen molar-refractivity contribution in [2.24, 2.45) is 5.41 Å². The van der Waals surface area contributed by atoms with E-state index in [1.807, 2.05) is 6.08 Å². The molecule has 0 bridgehead atoms. The van der Waals surface area contributed by atoms with Crippen molar-refractivity contribution in [1.29, 1.82) is 0 Å². The number of hydrogen-bond acceptors (Lipinski definition) is 3. The topological polar surface area (TPSA) is 66.8 Å². The van der Waals surface area contributed by atoms with Gasteiger partial charge in [0.15, 0.2) is 0 Å². The molecule has 1 saturated heterocycles. The van der Waals surface area contributed by atoms with Crippen LogP contribution in [0.2, 0.25) is 0 Å². The van der Waals surface area contributed by atoms with E-state index in [4.69, 9.17) is 9.84 Å². The van der Waals surface area contributed by atoms with Gasteiger partial charge in [0.2, 0.25) is 5.91 Å². The SMILES string of the molecule is CC(C)(C)C1=C(OC2CN(C(=O)CCC(=O)O)C2)C=CC(Br)C1. The van der Waals surface area contributed by atoms with Crippen molar-refractivity contribution in [2.75, 3.05) is 13.1 Å². The van der Waals surface area contributed by atoms with Gasteiger partial charge in [0, 0.05) is 11.2 Å². The Balaban J connectivity index is 1.90. The van der Waals surface area contributed by atoms with Crippen LogP contribution in [0.25, 0.3) is 0 Å². The third-order valence-corrected chi connectivity index (χ3v) is 4.73. The van der Waals surface area contributed by atoms with Crippen molar-refractivity contribution < 1.29 is 19.4 Å². The van der Waals surface area contributed by atoms with Crippen LogP contribution in [0.1, 0.15) is 40.0 Å². The number of carbonyl (C=O) groups is 2. The maximum absolute atomic E-state index is 11.8. The summed E-state index contributed by atoms with van der Waals surface area (Å²) in [6.45, 7) is 7.59. The number of nitrogens with zero attached hydrogens (tertiary/aromatic N) is 1. The highest BCUT2D eigenvalue weighted by molar-refractivity contribution is 9.09. The van der Waals surface area contributed by atoms with Gasteiger partial charge >= 0.3 is 5.97 Å². The lowest BCUT2D eigenvalue weighted by molar-refractivity contribution is -0.146. The Labute approximate surface area is 145 Å². The van der Waals surface area contributed by atoms with Gasteiger partial charge in [-0.3, -0.25) is 9.59 Å². The predicted molar refractivity (Wildman–Crippen MR) is 91.3 cm³/mol. The van der Waals surface area contributed by atoms with E-state index in [-0.39, 0.29) is 30.3 Å². The minimum Gasteiger partial charge on any atom is -0.487 e. The van der Waals surface area contributed by atoms with Crippen molar-refractivity contribution >= 4 is 27.8 Å². The van der Waals surface area contributed by atoms with Crippen LogP contribution in [0, 0.1) is 5.41 Å². The standard InChI is InChI=1S/C17H24BrNO4/c1-17(2,3)13-8-11(18)4-5-14(13)23-12-9-19(10-12)15(20)6-7-16(21)22/h4-5,11-12H,6-10H2,1-3H3,(H,21,22). The molecule has 0 aromatic heterocycles. The molecule has 0 aromatic carbocycles. The summed E-state index contributed by atoms with van der Waals surface area (Å²) in [7, 11) is 0. The van der Waals surface area contributed by atoms with Gasteiger partial charge in [-0.05, 0) is 23.5 Å². The second-order valence-electron chi connectivity index (χ2n) is 7.10. The first-order chi connectivity index (χ1) is 10.7. The van der Waals surface area contributed by atoms with Gasteiger partial charge in [-0.2, -0.15) is 0 Å². The Hall–Kier alpha value is -1.30. The molecular formula is C17H24BrNO4. The van der Waals surface area contributed by atoms with Gasteiger partial charge in [0.05, 0.1) is 19.5 Å². The van der Waals surface area contributed by atoms with E-state index in [0.29, 0.717) is 17.9 Å². The third-order valence-electron chi connectivity index (χ3n) is 4.11. The summed E-state index contributed by atoms with van der Waals surface area (Å²) in [5.41, 5.74) is 1.31. The van der Waals surface area contributed by atoms with Gasteiger partial charge in [-0.15, -0.1) is 0 Å². The van der Waals surface area contributed by atoms with Crippen LogP contribution in [-0.2, 0) is 14.3 Å². The molecule has 1 heterocycles. The van der Waals surface area contributed by atoms with Crippen molar-refractivity contribution in [3.63, 3.8) is 0 Å². The van der Waals surface area contributed by atoms with E-state index in [1.54, 1.807) is 4.90 Å². The van der Waals surface area contributed by atoms with Gasteiger partial charge in [-0.1, -0.05) is 42.8 Å². The van der Waals surface area contributed by atoms with Crippen molar-refractivity contribution in [2.45, 2.75) is 51.0 Å². The van der Waals surface area contributed by atoms with E-state index < -0.39 is 5.97 Å². The van der Waals surface area contributed by atoms with Gasteiger partial charge in [0.1, 0.15) is 11.9 Å². The molecular weight excluding hydrogens is 362 g/mol. The molecule has 0 saturated carbocycles. The molecule has 23 heavy (non-hydrogen) atoms. The Kier molecular flexibility index (Phi) is 5.55. The van der Waals surface area contributed by atoms with Crippen LogP contribution >= 0.6 is 15.9 Å². The Bertz CT molecular complexity index is 541. The monoisotopic (exact) mass is 385 g/mol. The predicted octanol–water partition coefficient (Wildman–Crippen LogP) is 3.10. The maximum Gasteiger partial charge on any atom is 0.303 e. The molecule has 0 spiro atoms. The molecule has 1 amide bonds. The van der Waals surface area contributed by atoms with Crippen LogP contribution in [-0.4, -0.2) is 45.9 Å². The smallest absolute Gasteiger partial charge is 0.303 e. The number of halogens is 1. The summed E-state index contributed by atoms with van der Waals surface area (Å²) < 4.78 is 6.08. The Morgan fingerprint density at radius 3 is 2.57 bits per heavy atom. The lowest BCUT2D eigenvalue weighted by Crippen LogP contribution is -2.54. The zero-order valence-electron chi connectivity index (χ0n) is 13.8. The highest BCUT2D eigenvalue weighted by Gasteiger charge is 2.34. The summed E-state index contributed by atoms with van der Waals surface area (Å²) in [6.07, 6.45) is 4.95. The van der Waals surface area contributed by atoms with Gasteiger partial charge in [0.25, 0.3) is 0 Å². The fourth-order valence-electron chi connectivity index (χ4n) is 2.71. The molecule has 1 N–H and O–H groups in total. The van der Waals surface area contributed by atoms with Crippen molar-refractivity contribution in [3.8, 4) is 0 Å². The van der Waals surface area contributed by atoms with E-state index in [1.165, 1.54) is 5.57 Å². The molecule has 0 aromatic rings. The first-order valence-corrected chi connectivity index (χ1v) is 8.80. The number of hydrogen-bond donors (Lipinski definition) is 1. The number of alkyl halides is 1. The highest BCUT2D eigenvalue weighted by atomic mass is 79.9. The molecule has 1 unspecified atom stereocenters. The first kappa shape index (κ1) is 18.0. The van der Waals surface area contributed by atoms with Crippen LogP contribution in [0.4, 0.5) is 0 Å². The number of carboxylic acid groups (broad SMARTS) is 1. The quantitative estimate of drug-likeness (QED) is 0.738. The number of likely N-dealkylation sites (tertiary alicyclic amines) is 1. The Morgan fingerprint density at radius 2 is 2.00 bits per heavy atom. The van der Waals surface area contributed by atoms with E-state index in [2.05, 4.69) is 42.8 Å². The zero-order chi connectivity index (χ0) is 17.2. The van der Waals surface area contributed by atoms with Crippen LogP contribution in [0.3, 0.4) is 0 Å². The second-order valence-corrected chi connectivity index (χ2v) is 8.28. The highest BCUT2D eigenvalue weighted by Crippen LogP contribution is 2.38. The summed E-state index contributed by atoms with van der Waals surface area (Å²) in [4.78, 5) is 24.3. The molecule has 2 aliphatic rings. The Morgan fingerprint density at radius 1 is 1.35 bits per heavy atom. The normalized spacial score (nSPS) is 22.1. The first-order valence-electron chi connectivity index (χ1n) is 7.89. The molecule has 6 heteroatoms. The molecule has 1 aliphatic carbocycles. The van der Waals surface area contributed by atoms with Crippen LogP contribution in [0.15, 0.2) is 23.5 Å². The summed E-state index contributed by atoms with van der Waals surface area (Å²) >= 11 is 3.63. The number of allylic oxidation sites excluding steroid dienone is 3. The van der Waals surface area contributed by atoms with Crippen molar-refractivity contribution in [3.05, 3.63) is 23.5 Å². The van der Waals surface area contributed by atoms with Crippen LogP contribution < -0.4 is 0 Å². The van der Waals surface area contributed by atoms with E-state index in [0.717, 1.165) is 12.2 Å². The summed E-state index contributed by atoms with van der Waals surface area (Å²) in [5.74, 6) is -0.142. The number of carbonyl (C=O) groups excluding carboxylic acids is 1. The molecule has 0 radical (unpaired) electrons. The second kappa shape index (κ2) is 7.07. The zero-order valence-corrected chi connectivity index (χ0v) is 15.4. The van der Waals surface area contributed by atoms with Gasteiger partial charge < -0.3 is 14.7 Å². The molecule has 1 atom stereocenters. The molecule has 1 aliphatic heterocycles. The average Bonchev–Trinajstić information content (AvgIpc) is 2.40. The molecule has 128 valence electrons. The van der Waals surface area contributed by atoms with E-state index >= 15 is 0 Å². The fourth-order valence-corrected chi connectivity index (χ4v) is 3.19. The summed E-state index contributed by atoms with van der Waals surface area (Å²) in [6, 6.07) is 0. The maximum atomic E-state index is 11.8. The number of aliphatic carboxylic acids is 1. The third kappa shape index (κ3) is 4.83. The largest absolute Gasteiger partial charge is 0.487 e. The summed E-state index contributed by atoms with van der Waals surface area (Å²) in [5, 5.41) is 8.62. The average molecular weight is 386 g/mol. The van der Waals surface area contributed by atoms with Crippen molar-refractivity contribution in [1.82, 2.24) is 4.90 Å². The van der Waals surface area contributed by atoms with Gasteiger partial charge in [-0.25, -0.2) is 0 Å². The molecule has 1 fully saturated rings. The number of ether oxygens (including phenoxy) is 1. The number of carboxylic acids is 1. The number of amides is 1. The minimum absolute atomic E-state index is 0.00680. The lowest BCUT2D eigenvalue weighted by atomic mass is 9.81. The molecule has 2 rings (SSSR count). The minimum atomic E-state index is -0.941. The van der Waals surface area contributed by atoms with Crippen LogP contribution in [0.5, 0.6) is 0 Å². The molecule has 5 nitrogen and oxygen atoms in total.